The van der Waals surface area contributed by atoms with Gasteiger partial charge in [-0.1, -0.05) is 35.3 Å². The Balaban J connectivity index is 1.27. The topological polar surface area (TPSA) is 65.2 Å². The van der Waals surface area contributed by atoms with Crippen molar-refractivity contribution in [2.24, 2.45) is 5.92 Å². The largest absolute Gasteiger partial charge is 0.416 e. The molecule has 1 amide bonds. The van der Waals surface area contributed by atoms with Crippen molar-refractivity contribution in [2.45, 2.75) is 63.0 Å². The van der Waals surface area contributed by atoms with Crippen LogP contribution in [-0.2, 0) is 6.18 Å². The zero-order chi connectivity index (χ0) is 25.2. The van der Waals surface area contributed by atoms with E-state index < -0.39 is 17.6 Å². The number of carbonyl (C=O) groups is 1. The Labute approximate surface area is 213 Å². The third-order valence-corrected chi connectivity index (χ3v) is 7.55. The third kappa shape index (κ3) is 6.49. The van der Waals surface area contributed by atoms with Crippen molar-refractivity contribution < 1.29 is 18.0 Å². The molecule has 1 heterocycles. The Morgan fingerprint density at radius 2 is 1.71 bits per heavy atom. The number of rotatable bonds is 6. The fraction of sp³-hybridized carbons (Fsp3) is 0.480. The summed E-state index contributed by atoms with van der Waals surface area (Å²) >= 11 is 12.0. The van der Waals surface area contributed by atoms with E-state index in [1.54, 1.807) is 0 Å². The number of hydrazine groups is 1. The highest BCUT2D eigenvalue weighted by molar-refractivity contribution is 6.33. The second-order valence-corrected chi connectivity index (χ2v) is 10.3. The van der Waals surface area contributed by atoms with Gasteiger partial charge in [0.1, 0.15) is 0 Å². The van der Waals surface area contributed by atoms with Crippen LogP contribution in [0.15, 0.2) is 42.5 Å². The van der Waals surface area contributed by atoms with Crippen molar-refractivity contribution in [3.63, 3.8) is 0 Å². The maximum atomic E-state index is 13.0. The molecule has 2 aliphatic rings. The second kappa shape index (κ2) is 11.0. The first kappa shape index (κ1) is 26.2. The van der Waals surface area contributed by atoms with Crippen LogP contribution in [0.2, 0.25) is 10.0 Å². The van der Waals surface area contributed by atoms with Gasteiger partial charge in [0.05, 0.1) is 22.3 Å². The molecule has 35 heavy (non-hydrogen) atoms. The molecule has 1 aliphatic heterocycles. The van der Waals surface area contributed by atoms with E-state index in [4.69, 9.17) is 23.2 Å². The molecule has 4 rings (SSSR count). The molecule has 5 nitrogen and oxygen atoms in total. The smallest absolute Gasteiger partial charge is 0.349 e. The van der Waals surface area contributed by atoms with Crippen LogP contribution in [0.25, 0.3) is 0 Å². The molecule has 0 spiro atoms. The van der Waals surface area contributed by atoms with E-state index in [2.05, 4.69) is 40.5 Å². The fourth-order valence-electron chi connectivity index (χ4n) is 4.98. The van der Waals surface area contributed by atoms with Crippen LogP contribution in [0.1, 0.15) is 60.0 Å². The van der Waals surface area contributed by atoms with Gasteiger partial charge in [0.15, 0.2) is 0 Å². The number of halogens is 5. The maximum Gasteiger partial charge on any atom is 0.416 e. The first-order valence-corrected chi connectivity index (χ1v) is 12.5. The summed E-state index contributed by atoms with van der Waals surface area (Å²) < 4.78 is 39.0. The average molecular weight is 529 g/mol. The second-order valence-electron chi connectivity index (χ2n) is 9.42. The molecule has 2 aromatic rings. The first-order chi connectivity index (χ1) is 16.6. The zero-order valence-electron chi connectivity index (χ0n) is 19.3. The molecule has 2 fully saturated rings. The summed E-state index contributed by atoms with van der Waals surface area (Å²) in [6, 6.07) is 10.9. The van der Waals surface area contributed by atoms with Gasteiger partial charge >= 0.3 is 6.18 Å². The summed E-state index contributed by atoms with van der Waals surface area (Å²) in [5.41, 5.74) is 6.82. The molecule has 0 aromatic heterocycles. The zero-order valence-corrected chi connectivity index (χ0v) is 20.8. The molecule has 4 N–H and O–H groups in total. The van der Waals surface area contributed by atoms with E-state index >= 15 is 0 Å². The van der Waals surface area contributed by atoms with Crippen LogP contribution >= 0.6 is 23.2 Å². The van der Waals surface area contributed by atoms with Crippen LogP contribution in [0.5, 0.6) is 0 Å². The first-order valence-electron chi connectivity index (χ1n) is 11.8. The SMILES string of the molecule is CC1NNC(NCC2CCC(NC(=O)c3cc(C(F)(F)F)ccc3Cl)CC2)C1c1ccc(Cl)cc1. The lowest BCUT2D eigenvalue weighted by atomic mass is 9.85. The van der Waals surface area contributed by atoms with Gasteiger partial charge in [0.25, 0.3) is 5.91 Å². The molecule has 1 saturated heterocycles. The van der Waals surface area contributed by atoms with Gasteiger partial charge in [-0.3, -0.25) is 10.2 Å². The number of amides is 1. The van der Waals surface area contributed by atoms with Crippen LogP contribution in [0, 0.1) is 5.92 Å². The molecule has 10 heteroatoms. The quantitative estimate of drug-likeness (QED) is 0.400. The number of hydrogen-bond donors (Lipinski definition) is 4. The summed E-state index contributed by atoms with van der Waals surface area (Å²) in [7, 11) is 0. The van der Waals surface area contributed by atoms with Crippen molar-refractivity contribution in [3.8, 4) is 0 Å². The average Bonchev–Trinajstić information content (AvgIpc) is 3.19. The van der Waals surface area contributed by atoms with E-state index in [0.717, 1.165) is 50.4 Å². The van der Waals surface area contributed by atoms with Gasteiger partial charge in [-0.25, -0.2) is 5.43 Å². The lowest BCUT2D eigenvalue weighted by molar-refractivity contribution is -0.137. The minimum atomic E-state index is -4.53. The summed E-state index contributed by atoms with van der Waals surface area (Å²) in [6.45, 7) is 2.97. The van der Waals surface area contributed by atoms with Gasteiger partial charge in [0.2, 0.25) is 0 Å². The highest BCUT2D eigenvalue weighted by Crippen LogP contribution is 2.32. The summed E-state index contributed by atoms with van der Waals surface area (Å²) in [4.78, 5) is 12.6. The normalized spacial score (nSPS) is 27.1. The van der Waals surface area contributed by atoms with Crippen molar-refractivity contribution >= 4 is 29.1 Å². The Morgan fingerprint density at radius 1 is 1.03 bits per heavy atom. The van der Waals surface area contributed by atoms with Gasteiger partial charge < -0.3 is 10.6 Å². The number of carbonyl (C=O) groups excluding carboxylic acids is 1. The van der Waals surface area contributed by atoms with Gasteiger partial charge in [-0.15, -0.1) is 0 Å². The number of nitrogens with one attached hydrogen (secondary N) is 4. The Morgan fingerprint density at radius 3 is 2.37 bits per heavy atom. The summed E-state index contributed by atoms with van der Waals surface area (Å²) in [5.74, 6) is 0.132. The lowest BCUT2D eigenvalue weighted by Crippen LogP contribution is -2.46. The van der Waals surface area contributed by atoms with Gasteiger partial charge in [-0.05, 0) is 81.0 Å². The van der Waals surface area contributed by atoms with Crippen LogP contribution in [0.3, 0.4) is 0 Å². The lowest BCUT2D eigenvalue weighted by Gasteiger charge is -2.31. The minimum absolute atomic E-state index is 0.00975. The number of alkyl halides is 3. The Bertz CT molecular complexity index is 1030. The molecule has 1 aliphatic carbocycles. The molecule has 0 bridgehead atoms. The van der Waals surface area contributed by atoms with Gasteiger partial charge in [-0.2, -0.15) is 13.2 Å². The van der Waals surface area contributed by atoms with Crippen molar-refractivity contribution in [2.75, 3.05) is 6.54 Å². The predicted octanol–water partition coefficient (Wildman–Crippen LogP) is 5.50. The van der Waals surface area contributed by atoms with E-state index in [-0.39, 0.29) is 34.8 Å². The van der Waals surface area contributed by atoms with Gasteiger partial charge in [0, 0.05) is 23.0 Å². The van der Waals surface area contributed by atoms with E-state index in [9.17, 15) is 18.0 Å². The molecule has 2 aromatic carbocycles. The monoisotopic (exact) mass is 528 g/mol. The molecule has 3 atom stereocenters. The Hall–Kier alpha value is -1.84. The van der Waals surface area contributed by atoms with E-state index in [1.807, 2.05) is 12.1 Å². The van der Waals surface area contributed by atoms with Crippen molar-refractivity contribution in [3.05, 3.63) is 69.2 Å². The van der Waals surface area contributed by atoms with E-state index in [1.165, 1.54) is 5.56 Å². The standard InChI is InChI=1S/C25H29Cl2F3N4O/c1-14-22(16-4-7-18(26)8-5-16)23(34-33-14)31-13-15-2-9-19(10-3-15)32-24(35)20-12-17(25(28,29)30)6-11-21(20)27/h4-8,11-12,14-15,19,22-23,31,33-34H,2-3,9-10,13H2,1H3,(H,32,35). The van der Waals surface area contributed by atoms with E-state index in [0.29, 0.717) is 10.9 Å². The summed E-state index contributed by atoms with van der Waals surface area (Å²) in [6.07, 6.45) is -1.10. The van der Waals surface area contributed by atoms with Crippen LogP contribution in [-0.4, -0.2) is 30.7 Å². The summed E-state index contributed by atoms with van der Waals surface area (Å²) in [5, 5.41) is 7.23. The van der Waals surface area contributed by atoms with Crippen molar-refractivity contribution in [1.82, 2.24) is 21.5 Å². The third-order valence-electron chi connectivity index (χ3n) is 6.97. The molecule has 190 valence electrons. The molecule has 0 radical (unpaired) electrons. The number of benzene rings is 2. The highest BCUT2D eigenvalue weighted by atomic mass is 35.5. The minimum Gasteiger partial charge on any atom is -0.349 e. The Kier molecular flexibility index (Phi) is 8.28. The molecular formula is C25H29Cl2F3N4O. The molecular weight excluding hydrogens is 500 g/mol. The fourth-order valence-corrected chi connectivity index (χ4v) is 5.31. The van der Waals surface area contributed by atoms with Crippen LogP contribution < -0.4 is 21.5 Å². The van der Waals surface area contributed by atoms with Crippen molar-refractivity contribution in [1.29, 1.82) is 0 Å². The highest BCUT2D eigenvalue weighted by Gasteiger charge is 2.35. The molecule has 3 unspecified atom stereocenters. The molecule has 1 saturated carbocycles. The predicted molar refractivity (Wildman–Crippen MR) is 131 cm³/mol. The van der Waals surface area contributed by atoms with Crippen LogP contribution in [0.4, 0.5) is 13.2 Å². The number of hydrogen-bond acceptors (Lipinski definition) is 4. The maximum absolute atomic E-state index is 13.0.